The van der Waals surface area contributed by atoms with Crippen LogP contribution in [0.4, 0.5) is 17.1 Å². The number of hydrogen-bond donors (Lipinski definition) is 0. The third-order valence-electron chi connectivity index (χ3n) is 10.3. The molecule has 260 valence electrons. The van der Waals surface area contributed by atoms with Crippen LogP contribution in [0.2, 0.25) is 0 Å². The van der Waals surface area contributed by atoms with E-state index >= 15 is 0 Å². The Balaban J connectivity index is 1.06. The molecule has 10 rings (SSSR count). The van der Waals surface area contributed by atoms with Gasteiger partial charge in [-0.05, 0) is 72.3 Å². The van der Waals surface area contributed by atoms with Crippen LogP contribution >= 0.6 is 0 Å². The first-order valence-corrected chi connectivity index (χ1v) is 18.5. The fourth-order valence-corrected chi connectivity index (χ4v) is 7.74. The summed E-state index contributed by atoms with van der Waals surface area (Å²) in [6, 6.07) is 74.7. The molecule has 5 nitrogen and oxygen atoms in total. The van der Waals surface area contributed by atoms with Gasteiger partial charge in [-0.1, -0.05) is 146 Å². The second kappa shape index (κ2) is 13.8. The van der Waals surface area contributed by atoms with Gasteiger partial charge in [0, 0.05) is 50.2 Å². The molecular weight excluding hydrogens is 671 g/mol. The highest BCUT2D eigenvalue weighted by Gasteiger charge is 2.20. The molecule has 0 unspecified atom stereocenters. The molecule has 0 aliphatic heterocycles. The Morgan fingerprint density at radius 1 is 0.327 bits per heavy atom. The van der Waals surface area contributed by atoms with Gasteiger partial charge in [0.05, 0.1) is 16.7 Å². The Bertz CT molecular complexity index is 2780. The highest BCUT2D eigenvalue weighted by molar-refractivity contribution is 6.09. The predicted octanol–water partition coefficient (Wildman–Crippen LogP) is 12.8. The molecule has 0 aliphatic rings. The molecule has 0 N–H and O–H groups in total. The van der Waals surface area contributed by atoms with Crippen molar-refractivity contribution in [1.29, 1.82) is 0 Å². The SMILES string of the molecule is c1ccc(-c2nnc(-c3ccccc3)n2-c2ccc(-c3ccccc3N(c3ccccc3)c3ccc(-n4c5ccccc5c5ccccc54)cc3)cc2)cc1. The third kappa shape index (κ3) is 5.75. The molecule has 0 bridgehead atoms. The number of fused-ring (bicyclic) bond motifs is 3. The Morgan fingerprint density at radius 2 is 0.764 bits per heavy atom. The smallest absolute Gasteiger partial charge is 0.168 e. The van der Waals surface area contributed by atoms with Crippen LogP contribution in [0.1, 0.15) is 0 Å². The van der Waals surface area contributed by atoms with Crippen LogP contribution in [0.15, 0.2) is 212 Å². The van der Waals surface area contributed by atoms with Gasteiger partial charge in [-0.2, -0.15) is 0 Å². The van der Waals surface area contributed by atoms with Gasteiger partial charge in [0.2, 0.25) is 0 Å². The van der Waals surface area contributed by atoms with E-state index in [1.54, 1.807) is 0 Å². The lowest BCUT2D eigenvalue weighted by Crippen LogP contribution is -2.11. The van der Waals surface area contributed by atoms with Crippen molar-refractivity contribution < 1.29 is 0 Å². The summed E-state index contributed by atoms with van der Waals surface area (Å²) < 4.78 is 4.51. The number of nitrogens with zero attached hydrogens (tertiary/aromatic N) is 5. The quantitative estimate of drug-likeness (QED) is 0.158. The van der Waals surface area contributed by atoms with Gasteiger partial charge in [-0.15, -0.1) is 10.2 Å². The van der Waals surface area contributed by atoms with Crippen LogP contribution in [0, 0.1) is 0 Å². The van der Waals surface area contributed by atoms with Crippen molar-refractivity contribution in [2.24, 2.45) is 0 Å². The van der Waals surface area contributed by atoms with E-state index in [9.17, 15) is 0 Å². The number of para-hydroxylation sites is 4. The third-order valence-corrected chi connectivity index (χ3v) is 10.3. The molecule has 0 saturated carbocycles. The molecule has 0 fully saturated rings. The predicted molar refractivity (Wildman–Crippen MR) is 227 cm³/mol. The maximum atomic E-state index is 4.68. The van der Waals surface area contributed by atoms with Crippen molar-refractivity contribution in [3.05, 3.63) is 212 Å². The zero-order chi connectivity index (χ0) is 36.6. The van der Waals surface area contributed by atoms with Crippen LogP contribution in [0.25, 0.3) is 67.1 Å². The van der Waals surface area contributed by atoms with Crippen molar-refractivity contribution in [1.82, 2.24) is 19.3 Å². The average Bonchev–Trinajstić information content (AvgIpc) is 3.86. The summed E-state index contributed by atoms with van der Waals surface area (Å²) in [5, 5.41) is 11.9. The minimum absolute atomic E-state index is 0.798. The molecule has 0 aliphatic carbocycles. The van der Waals surface area contributed by atoms with E-state index in [4.69, 9.17) is 0 Å². The summed E-state index contributed by atoms with van der Waals surface area (Å²) >= 11 is 0. The van der Waals surface area contributed by atoms with Crippen molar-refractivity contribution >= 4 is 38.9 Å². The average molecular weight is 706 g/mol. The largest absolute Gasteiger partial charge is 0.310 e. The van der Waals surface area contributed by atoms with Gasteiger partial charge in [0.1, 0.15) is 0 Å². The number of rotatable bonds is 8. The number of aromatic nitrogens is 4. The fraction of sp³-hybridized carbons (Fsp3) is 0. The van der Waals surface area contributed by atoms with Crippen LogP contribution < -0.4 is 4.90 Å². The maximum absolute atomic E-state index is 4.68. The first-order valence-electron chi connectivity index (χ1n) is 18.5. The lowest BCUT2D eigenvalue weighted by molar-refractivity contribution is 1.07. The van der Waals surface area contributed by atoms with Crippen LogP contribution in [0.5, 0.6) is 0 Å². The Labute approximate surface area is 319 Å². The van der Waals surface area contributed by atoms with Gasteiger partial charge in [-0.3, -0.25) is 4.57 Å². The first-order chi connectivity index (χ1) is 27.3. The second-order valence-corrected chi connectivity index (χ2v) is 13.5. The van der Waals surface area contributed by atoms with Crippen LogP contribution in [-0.2, 0) is 0 Å². The molecule has 2 aromatic heterocycles. The van der Waals surface area contributed by atoms with Gasteiger partial charge >= 0.3 is 0 Å². The molecule has 0 radical (unpaired) electrons. The van der Waals surface area contributed by atoms with Crippen molar-refractivity contribution in [2.75, 3.05) is 4.90 Å². The van der Waals surface area contributed by atoms with Gasteiger partial charge in [0.25, 0.3) is 0 Å². The second-order valence-electron chi connectivity index (χ2n) is 13.5. The van der Waals surface area contributed by atoms with E-state index in [-0.39, 0.29) is 0 Å². The minimum Gasteiger partial charge on any atom is -0.310 e. The Hall–Kier alpha value is -7.50. The lowest BCUT2D eigenvalue weighted by atomic mass is 10.0. The zero-order valence-electron chi connectivity index (χ0n) is 29.9. The zero-order valence-corrected chi connectivity index (χ0v) is 29.9. The highest BCUT2D eigenvalue weighted by Crippen LogP contribution is 2.42. The Kier molecular flexibility index (Phi) is 8.08. The van der Waals surface area contributed by atoms with E-state index < -0.39 is 0 Å². The van der Waals surface area contributed by atoms with E-state index in [1.165, 1.54) is 21.8 Å². The topological polar surface area (TPSA) is 38.9 Å². The molecule has 0 spiro atoms. The molecule has 0 atom stereocenters. The summed E-state index contributed by atoms with van der Waals surface area (Å²) in [5.74, 6) is 1.60. The summed E-state index contributed by atoms with van der Waals surface area (Å²) in [7, 11) is 0. The molecule has 0 saturated heterocycles. The van der Waals surface area contributed by atoms with Crippen LogP contribution in [-0.4, -0.2) is 19.3 Å². The first kappa shape index (κ1) is 32.2. The van der Waals surface area contributed by atoms with E-state index in [0.717, 1.165) is 62.3 Å². The highest BCUT2D eigenvalue weighted by atomic mass is 15.3. The van der Waals surface area contributed by atoms with Crippen molar-refractivity contribution in [2.45, 2.75) is 0 Å². The van der Waals surface area contributed by atoms with Crippen LogP contribution in [0.3, 0.4) is 0 Å². The summed E-state index contributed by atoms with van der Waals surface area (Å²) in [6.45, 7) is 0. The standard InChI is InChI=1S/C50H35N5/c1-4-16-37(17-5-1)49-51-52-50(38-18-6-2-7-19-38)55(49)42-30-28-36(29-31-42)43-22-10-13-25-46(43)53(39-20-8-3-9-21-39)40-32-34-41(35-33-40)54-47-26-14-11-23-44(47)45-24-12-15-27-48(45)54/h1-35H. The van der Waals surface area contributed by atoms with Crippen molar-refractivity contribution in [3.8, 4) is 45.3 Å². The monoisotopic (exact) mass is 705 g/mol. The normalized spacial score (nSPS) is 11.3. The fourth-order valence-electron chi connectivity index (χ4n) is 7.74. The number of hydrogen-bond acceptors (Lipinski definition) is 3. The number of anilines is 3. The van der Waals surface area contributed by atoms with Gasteiger partial charge < -0.3 is 9.47 Å². The summed E-state index contributed by atoms with van der Waals surface area (Å²) in [4.78, 5) is 2.35. The molecule has 0 amide bonds. The van der Waals surface area contributed by atoms with E-state index in [2.05, 4.69) is 200 Å². The molecule has 55 heavy (non-hydrogen) atoms. The molecule has 5 heteroatoms. The molecular formula is C50H35N5. The summed E-state index contributed by atoms with van der Waals surface area (Å²) in [6.07, 6.45) is 0. The van der Waals surface area contributed by atoms with E-state index in [0.29, 0.717) is 0 Å². The van der Waals surface area contributed by atoms with Gasteiger partial charge in [-0.25, -0.2) is 0 Å². The minimum atomic E-state index is 0.798. The molecule has 10 aromatic rings. The van der Waals surface area contributed by atoms with Gasteiger partial charge in [0.15, 0.2) is 11.6 Å². The Morgan fingerprint density at radius 3 is 1.35 bits per heavy atom. The number of benzene rings is 8. The van der Waals surface area contributed by atoms with Crippen molar-refractivity contribution in [3.63, 3.8) is 0 Å². The summed E-state index contributed by atoms with van der Waals surface area (Å²) in [5.41, 5.74) is 12.0. The maximum Gasteiger partial charge on any atom is 0.168 e. The molecule has 2 heterocycles. The molecule has 8 aromatic carbocycles. The lowest BCUT2D eigenvalue weighted by Gasteiger charge is -2.28. The van der Waals surface area contributed by atoms with E-state index in [1.807, 2.05) is 36.4 Å².